The quantitative estimate of drug-likeness (QED) is 0.897. The van der Waals surface area contributed by atoms with Crippen molar-refractivity contribution < 1.29 is 9.59 Å². The van der Waals surface area contributed by atoms with Crippen LogP contribution in [0.25, 0.3) is 0 Å². The lowest BCUT2D eigenvalue weighted by Gasteiger charge is -2.35. The van der Waals surface area contributed by atoms with E-state index in [0.29, 0.717) is 32.2 Å². The summed E-state index contributed by atoms with van der Waals surface area (Å²) >= 11 is 1.50. The van der Waals surface area contributed by atoms with Gasteiger partial charge in [0.2, 0.25) is 0 Å². The summed E-state index contributed by atoms with van der Waals surface area (Å²) in [4.78, 5) is 34.0. The monoisotopic (exact) mass is 364 g/mol. The SMILES string of the molecule is CCc1nc(C)c(C(=O)N2CCN(C(=O)NC3CCCCC3)CC2)s1. The van der Waals surface area contributed by atoms with Crippen LogP contribution in [-0.2, 0) is 6.42 Å². The van der Waals surface area contributed by atoms with E-state index in [1.54, 1.807) is 0 Å². The fourth-order valence-corrected chi connectivity index (χ4v) is 4.54. The van der Waals surface area contributed by atoms with Crippen LogP contribution >= 0.6 is 11.3 Å². The minimum absolute atomic E-state index is 0.0289. The van der Waals surface area contributed by atoms with Gasteiger partial charge >= 0.3 is 6.03 Å². The van der Waals surface area contributed by atoms with Gasteiger partial charge in [-0.1, -0.05) is 26.2 Å². The number of thiazole rings is 1. The van der Waals surface area contributed by atoms with Crippen LogP contribution in [0.4, 0.5) is 4.79 Å². The van der Waals surface area contributed by atoms with Crippen molar-refractivity contribution in [2.45, 2.75) is 58.4 Å². The van der Waals surface area contributed by atoms with E-state index in [2.05, 4.69) is 17.2 Å². The van der Waals surface area contributed by atoms with Gasteiger partial charge in [0.1, 0.15) is 4.88 Å². The molecule has 1 aliphatic heterocycles. The lowest BCUT2D eigenvalue weighted by Crippen LogP contribution is -2.54. The van der Waals surface area contributed by atoms with E-state index in [0.717, 1.165) is 34.8 Å². The molecule has 6 nitrogen and oxygen atoms in total. The standard InChI is InChI=1S/C18H28N4O2S/c1-3-15-19-13(2)16(25-15)17(23)21-9-11-22(12-10-21)18(24)20-14-7-5-4-6-8-14/h14H,3-12H2,1-2H3,(H,20,24). The van der Waals surface area contributed by atoms with E-state index in [-0.39, 0.29) is 11.9 Å². The van der Waals surface area contributed by atoms with Crippen LogP contribution in [0.5, 0.6) is 0 Å². The molecule has 0 radical (unpaired) electrons. The van der Waals surface area contributed by atoms with Crippen molar-refractivity contribution in [3.8, 4) is 0 Å². The smallest absolute Gasteiger partial charge is 0.317 e. The summed E-state index contributed by atoms with van der Waals surface area (Å²) in [6.07, 6.45) is 6.74. The number of hydrogen-bond acceptors (Lipinski definition) is 4. The highest BCUT2D eigenvalue weighted by molar-refractivity contribution is 7.13. The summed E-state index contributed by atoms with van der Waals surface area (Å²) in [5.74, 6) is 0.0574. The molecular weight excluding hydrogens is 336 g/mol. The van der Waals surface area contributed by atoms with Crippen LogP contribution in [0, 0.1) is 6.92 Å². The molecule has 1 aromatic rings. The van der Waals surface area contributed by atoms with Crippen LogP contribution in [0.3, 0.4) is 0 Å². The van der Waals surface area contributed by atoms with Crippen molar-refractivity contribution in [1.29, 1.82) is 0 Å². The Morgan fingerprint density at radius 1 is 1.12 bits per heavy atom. The van der Waals surface area contributed by atoms with Gasteiger partial charge in [-0.2, -0.15) is 0 Å². The van der Waals surface area contributed by atoms with Crippen LogP contribution < -0.4 is 5.32 Å². The number of rotatable bonds is 3. The molecule has 0 aromatic carbocycles. The second kappa shape index (κ2) is 8.17. The Bertz CT molecular complexity index is 617. The third-order valence-corrected chi connectivity index (χ3v) is 6.41. The highest BCUT2D eigenvalue weighted by Crippen LogP contribution is 2.21. The minimum atomic E-state index is 0.0289. The van der Waals surface area contributed by atoms with Crippen molar-refractivity contribution in [3.05, 3.63) is 15.6 Å². The second-order valence-electron chi connectivity index (χ2n) is 6.94. The number of amides is 3. The first-order valence-corrected chi connectivity index (χ1v) is 10.2. The van der Waals surface area contributed by atoms with Crippen LogP contribution in [0.2, 0.25) is 0 Å². The molecule has 3 rings (SSSR count). The maximum absolute atomic E-state index is 12.7. The summed E-state index contributed by atoms with van der Waals surface area (Å²) in [6.45, 7) is 6.34. The van der Waals surface area contributed by atoms with E-state index in [4.69, 9.17) is 0 Å². The number of nitrogens with zero attached hydrogens (tertiary/aromatic N) is 3. The van der Waals surface area contributed by atoms with Gasteiger partial charge in [0.05, 0.1) is 10.7 Å². The van der Waals surface area contributed by atoms with Crippen molar-refractivity contribution in [2.75, 3.05) is 26.2 Å². The molecule has 138 valence electrons. The van der Waals surface area contributed by atoms with Crippen molar-refractivity contribution in [2.24, 2.45) is 0 Å². The van der Waals surface area contributed by atoms with Gasteiger partial charge in [0, 0.05) is 32.2 Å². The van der Waals surface area contributed by atoms with E-state index in [9.17, 15) is 9.59 Å². The lowest BCUT2D eigenvalue weighted by molar-refractivity contribution is 0.0666. The van der Waals surface area contributed by atoms with Crippen molar-refractivity contribution in [3.63, 3.8) is 0 Å². The normalized spacial score (nSPS) is 19.1. The lowest BCUT2D eigenvalue weighted by atomic mass is 9.96. The van der Waals surface area contributed by atoms with Crippen LogP contribution in [0.1, 0.15) is 59.4 Å². The molecule has 1 saturated carbocycles. The zero-order chi connectivity index (χ0) is 17.8. The minimum Gasteiger partial charge on any atom is -0.335 e. The molecule has 1 aromatic heterocycles. The van der Waals surface area contributed by atoms with E-state index in [1.165, 1.54) is 30.6 Å². The Kier molecular flexibility index (Phi) is 5.93. The molecule has 0 spiro atoms. The fraction of sp³-hybridized carbons (Fsp3) is 0.722. The first-order chi connectivity index (χ1) is 12.1. The molecule has 3 amide bonds. The third-order valence-electron chi connectivity index (χ3n) is 5.12. The molecule has 0 unspecified atom stereocenters. The van der Waals surface area contributed by atoms with Gasteiger partial charge in [-0.3, -0.25) is 4.79 Å². The summed E-state index contributed by atoms with van der Waals surface area (Å²) in [7, 11) is 0. The highest BCUT2D eigenvalue weighted by Gasteiger charge is 2.28. The van der Waals surface area contributed by atoms with Gasteiger partial charge in [-0.15, -0.1) is 11.3 Å². The number of urea groups is 1. The Hall–Kier alpha value is -1.63. The average Bonchev–Trinajstić information content (AvgIpc) is 3.03. The van der Waals surface area contributed by atoms with Gasteiger partial charge in [0.15, 0.2) is 0 Å². The number of aromatic nitrogens is 1. The number of piperazine rings is 1. The molecule has 2 fully saturated rings. The predicted octanol–water partition coefficient (Wildman–Crippen LogP) is 2.81. The zero-order valence-electron chi connectivity index (χ0n) is 15.2. The molecule has 2 heterocycles. The summed E-state index contributed by atoms with van der Waals surface area (Å²) in [6, 6.07) is 0.356. The number of carbonyl (C=O) groups is 2. The maximum atomic E-state index is 12.7. The molecule has 25 heavy (non-hydrogen) atoms. The second-order valence-corrected chi connectivity index (χ2v) is 8.02. The van der Waals surface area contributed by atoms with E-state index >= 15 is 0 Å². The number of hydrogen-bond donors (Lipinski definition) is 1. The Balaban J connectivity index is 1.51. The predicted molar refractivity (Wildman–Crippen MR) is 99.1 cm³/mol. The third kappa shape index (κ3) is 4.32. The summed E-state index contributed by atoms with van der Waals surface area (Å²) in [5, 5.41) is 4.17. The van der Waals surface area contributed by atoms with Crippen molar-refractivity contribution >= 4 is 23.3 Å². The molecule has 1 N–H and O–H groups in total. The van der Waals surface area contributed by atoms with Crippen LogP contribution in [0.15, 0.2) is 0 Å². The molecular formula is C18H28N4O2S. The Morgan fingerprint density at radius 2 is 1.76 bits per heavy atom. The first-order valence-electron chi connectivity index (χ1n) is 9.39. The molecule has 0 bridgehead atoms. The largest absolute Gasteiger partial charge is 0.335 e. The molecule has 1 saturated heterocycles. The Labute approximate surface area is 153 Å². The van der Waals surface area contributed by atoms with Gasteiger partial charge in [0.25, 0.3) is 5.91 Å². The van der Waals surface area contributed by atoms with Gasteiger partial charge in [-0.25, -0.2) is 9.78 Å². The molecule has 0 atom stereocenters. The first kappa shape index (κ1) is 18.2. The summed E-state index contributed by atoms with van der Waals surface area (Å²) in [5.41, 5.74) is 0.823. The van der Waals surface area contributed by atoms with Crippen molar-refractivity contribution in [1.82, 2.24) is 20.1 Å². The van der Waals surface area contributed by atoms with E-state index in [1.807, 2.05) is 16.7 Å². The highest BCUT2D eigenvalue weighted by atomic mass is 32.1. The number of nitrogens with one attached hydrogen (secondary N) is 1. The average molecular weight is 365 g/mol. The van der Waals surface area contributed by atoms with Gasteiger partial charge < -0.3 is 15.1 Å². The number of aryl methyl sites for hydroxylation is 2. The van der Waals surface area contributed by atoms with Gasteiger partial charge in [-0.05, 0) is 26.2 Å². The zero-order valence-corrected chi connectivity index (χ0v) is 16.0. The molecule has 1 aliphatic carbocycles. The fourth-order valence-electron chi connectivity index (χ4n) is 3.57. The van der Waals surface area contributed by atoms with Crippen LogP contribution in [-0.4, -0.2) is 58.9 Å². The molecule has 7 heteroatoms. The summed E-state index contributed by atoms with van der Waals surface area (Å²) < 4.78 is 0. The topological polar surface area (TPSA) is 65.5 Å². The van der Waals surface area contributed by atoms with E-state index < -0.39 is 0 Å². The Morgan fingerprint density at radius 3 is 2.36 bits per heavy atom. The number of carbonyl (C=O) groups excluding carboxylic acids is 2. The maximum Gasteiger partial charge on any atom is 0.317 e. The molecule has 2 aliphatic rings.